The molecule has 4 unspecified atom stereocenters. The van der Waals surface area contributed by atoms with Crippen LogP contribution in [0.4, 0.5) is 0 Å². The van der Waals surface area contributed by atoms with Crippen LogP contribution in [-0.4, -0.2) is 26.4 Å². The molecule has 3 aromatic rings. The molecule has 0 spiro atoms. The predicted octanol–water partition coefficient (Wildman–Crippen LogP) is 5.01. The van der Waals surface area contributed by atoms with Crippen LogP contribution in [-0.2, 0) is 11.3 Å². The highest BCUT2D eigenvalue weighted by atomic mass is 32.2. The quantitative estimate of drug-likeness (QED) is 0.497. The molecular formula is C22H26N4O2S2. The van der Waals surface area contributed by atoms with Crippen molar-refractivity contribution in [3.63, 3.8) is 0 Å². The van der Waals surface area contributed by atoms with Gasteiger partial charge in [-0.15, -0.1) is 21.5 Å². The SMILES string of the molecule is CC(C1CC2CCC1C2)n1c(SCC(=O)NCc2ccco2)nnc1-c1cccs1. The van der Waals surface area contributed by atoms with E-state index in [0.717, 1.165) is 33.5 Å². The van der Waals surface area contributed by atoms with E-state index in [4.69, 9.17) is 4.42 Å². The maximum Gasteiger partial charge on any atom is 0.230 e. The summed E-state index contributed by atoms with van der Waals surface area (Å²) in [7, 11) is 0. The van der Waals surface area contributed by atoms with E-state index in [1.807, 2.05) is 12.1 Å². The number of aromatic nitrogens is 3. The lowest BCUT2D eigenvalue weighted by Gasteiger charge is -2.30. The Bertz CT molecular complexity index is 983. The summed E-state index contributed by atoms with van der Waals surface area (Å²) < 4.78 is 7.57. The Morgan fingerprint density at radius 3 is 2.97 bits per heavy atom. The standard InChI is InChI=1S/C22H26N4O2S2/c1-14(18-11-15-6-7-16(18)10-15)26-21(19-5-3-9-29-19)24-25-22(26)30-13-20(27)23-12-17-4-2-8-28-17/h2-5,8-9,14-16,18H,6-7,10-13H2,1H3,(H,23,27). The number of nitrogens with zero attached hydrogens (tertiary/aromatic N) is 3. The van der Waals surface area contributed by atoms with E-state index >= 15 is 0 Å². The van der Waals surface area contributed by atoms with E-state index in [9.17, 15) is 4.79 Å². The summed E-state index contributed by atoms with van der Waals surface area (Å²) in [5, 5.41) is 14.8. The van der Waals surface area contributed by atoms with Crippen LogP contribution >= 0.6 is 23.1 Å². The molecule has 0 aromatic carbocycles. The van der Waals surface area contributed by atoms with Gasteiger partial charge in [-0.05, 0) is 67.5 Å². The van der Waals surface area contributed by atoms with Crippen molar-refractivity contribution in [2.75, 3.05) is 5.75 Å². The van der Waals surface area contributed by atoms with Gasteiger partial charge in [-0.25, -0.2) is 0 Å². The van der Waals surface area contributed by atoms with Gasteiger partial charge >= 0.3 is 0 Å². The summed E-state index contributed by atoms with van der Waals surface area (Å²) in [5.41, 5.74) is 0. The Kier molecular flexibility index (Phi) is 5.69. The van der Waals surface area contributed by atoms with Gasteiger partial charge < -0.3 is 9.73 Å². The topological polar surface area (TPSA) is 73.0 Å². The zero-order chi connectivity index (χ0) is 20.5. The number of hydrogen-bond acceptors (Lipinski definition) is 6. The number of fused-ring (bicyclic) bond motifs is 2. The molecule has 2 fully saturated rings. The van der Waals surface area contributed by atoms with Crippen molar-refractivity contribution in [2.24, 2.45) is 17.8 Å². The van der Waals surface area contributed by atoms with Gasteiger partial charge in [-0.3, -0.25) is 9.36 Å². The lowest BCUT2D eigenvalue weighted by atomic mass is 9.84. The third-order valence-corrected chi connectivity index (χ3v) is 8.41. The smallest absolute Gasteiger partial charge is 0.230 e. The molecule has 1 N–H and O–H groups in total. The second-order valence-electron chi connectivity index (χ2n) is 8.38. The number of nitrogens with one attached hydrogen (secondary N) is 1. The molecule has 8 heteroatoms. The minimum Gasteiger partial charge on any atom is -0.467 e. The van der Waals surface area contributed by atoms with Crippen LogP contribution in [0.1, 0.15) is 44.4 Å². The normalized spacial score (nSPS) is 23.7. The van der Waals surface area contributed by atoms with Crippen LogP contribution in [0.15, 0.2) is 45.5 Å². The van der Waals surface area contributed by atoms with E-state index < -0.39 is 0 Å². The Morgan fingerprint density at radius 2 is 2.27 bits per heavy atom. The molecule has 0 radical (unpaired) electrons. The van der Waals surface area contributed by atoms with Gasteiger partial charge in [0.25, 0.3) is 0 Å². The van der Waals surface area contributed by atoms with Crippen LogP contribution in [0.2, 0.25) is 0 Å². The highest BCUT2D eigenvalue weighted by Gasteiger charge is 2.43. The number of thiophene rings is 1. The first-order chi connectivity index (χ1) is 14.7. The summed E-state index contributed by atoms with van der Waals surface area (Å²) in [6.07, 6.45) is 7.05. The summed E-state index contributed by atoms with van der Waals surface area (Å²) in [6, 6.07) is 8.16. The number of furan rings is 1. The minimum absolute atomic E-state index is 0.0313. The highest BCUT2D eigenvalue weighted by Crippen LogP contribution is 2.53. The summed E-state index contributed by atoms with van der Waals surface area (Å²) in [6.45, 7) is 2.72. The fourth-order valence-corrected chi connectivity index (χ4v) is 6.73. The highest BCUT2D eigenvalue weighted by molar-refractivity contribution is 7.99. The molecule has 3 aromatic heterocycles. The van der Waals surface area contributed by atoms with E-state index in [2.05, 4.69) is 44.5 Å². The fourth-order valence-electron chi connectivity index (χ4n) is 5.17. The molecule has 5 rings (SSSR count). The van der Waals surface area contributed by atoms with Gasteiger partial charge in [-0.1, -0.05) is 24.2 Å². The predicted molar refractivity (Wildman–Crippen MR) is 118 cm³/mol. The van der Waals surface area contributed by atoms with Crippen LogP contribution < -0.4 is 5.32 Å². The molecule has 0 aliphatic heterocycles. The summed E-state index contributed by atoms with van der Waals surface area (Å²) in [5.74, 6) is 4.35. The molecule has 2 bridgehead atoms. The average molecular weight is 443 g/mol. The van der Waals surface area contributed by atoms with Gasteiger partial charge in [0.1, 0.15) is 5.76 Å². The summed E-state index contributed by atoms with van der Waals surface area (Å²) in [4.78, 5) is 13.5. The Hall–Kier alpha value is -2.06. The van der Waals surface area contributed by atoms with Crippen molar-refractivity contribution in [1.82, 2.24) is 20.1 Å². The van der Waals surface area contributed by atoms with Crippen molar-refractivity contribution in [2.45, 2.75) is 50.4 Å². The van der Waals surface area contributed by atoms with E-state index in [0.29, 0.717) is 24.3 Å². The fraction of sp³-hybridized carbons (Fsp3) is 0.500. The molecule has 3 heterocycles. The first-order valence-corrected chi connectivity index (χ1v) is 12.5. The second kappa shape index (κ2) is 8.59. The molecule has 4 atom stereocenters. The Balaban J connectivity index is 1.32. The zero-order valence-corrected chi connectivity index (χ0v) is 18.6. The number of rotatable bonds is 8. The zero-order valence-electron chi connectivity index (χ0n) is 17.0. The number of hydrogen-bond donors (Lipinski definition) is 1. The van der Waals surface area contributed by atoms with Crippen LogP contribution in [0.25, 0.3) is 10.7 Å². The number of amides is 1. The monoisotopic (exact) mass is 442 g/mol. The molecule has 2 aliphatic rings. The minimum atomic E-state index is -0.0313. The largest absolute Gasteiger partial charge is 0.467 e. The van der Waals surface area contributed by atoms with Crippen molar-refractivity contribution in [3.05, 3.63) is 41.7 Å². The van der Waals surface area contributed by atoms with Crippen molar-refractivity contribution in [1.29, 1.82) is 0 Å². The third-order valence-electron chi connectivity index (χ3n) is 6.60. The molecule has 30 heavy (non-hydrogen) atoms. The first-order valence-electron chi connectivity index (χ1n) is 10.6. The van der Waals surface area contributed by atoms with Crippen molar-refractivity contribution in [3.8, 4) is 10.7 Å². The van der Waals surface area contributed by atoms with Crippen LogP contribution in [0.3, 0.4) is 0 Å². The molecule has 6 nitrogen and oxygen atoms in total. The first kappa shape index (κ1) is 19.9. The molecule has 158 valence electrons. The number of carbonyl (C=O) groups is 1. The van der Waals surface area contributed by atoms with Gasteiger partial charge in [-0.2, -0.15) is 0 Å². The maximum absolute atomic E-state index is 12.4. The van der Waals surface area contributed by atoms with Gasteiger partial charge in [0.2, 0.25) is 5.91 Å². The molecular weight excluding hydrogens is 416 g/mol. The second-order valence-corrected chi connectivity index (χ2v) is 10.3. The van der Waals surface area contributed by atoms with Gasteiger partial charge in [0.15, 0.2) is 11.0 Å². The number of carbonyl (C=O) groups excluding carboxylic acids is 1. The van der Waals surface area contributed by atoms with E-state index in [1.54, 1.807) is 17.6 Å². The van der Waals surface area contributed by atoms with Crippen molar-refractivity contribution >= 4 is 29.0 Å². The molecule has 2 aliphatic carbocycles. The molecule has 1 amide bonds. The number of thioether (sulfide) groups is 1. The lowest BCUT2D eigenvalue weighted by Crippen LogP contribution is -2.25. The van der Waals surface area contributed by atoms with E-state index in [1.165, 1.54) is 37.4 Å². The van der Waals surface area contributed by atoms with Crippen LogP contribution in [0, 0.1) is 17.8 Å². The lowest BCUT2D eigenvalue weighted by molar-refractivity contribution is -0.118. The third kappa shape index (κ3) is 3.95. The average Bonchev–Trinajstić information content (AvgIpc) is 3.58. The van der Waals surface area contributed by atoms with E-state index in [-0.39, 0.29) is 5.91 Å². The van der Waals surface area contributed by atoms with Crippen LogP contribution in [0.5, 0.6) is 0 Å². The molecule has 0 saturated heterocycles. The Labute approximate surface area is 184 Å². The summed E-state index contributed by atoms with van der Waals surface area (Å²) >= 11 is 3.16. The van der Waals surface area contributed by atoms with Crippen molar-refractivity contribution < 1.29 is 9.21 Å². The molecule has 2 saturated carbocycles. The maximum atomic E-state index is 12.4. The Morgan fingerprint density at radius 1 is 1.33 bits per heavy atom. The van der Waals surface area contributed by atoms with Gasteiger partial charge in [0.05, 0.1) is 23.4 Å². The van der Waals surface area contributed by atoms with Gasteiger partial charge in [0, 0.05) is 6.04 Å².